The van der Waals surface area contributed by atoms with Crippen LogP contribution in [0, 0.1) is 12.8 Å². The van der Waals surface area contributed by atoms with Crippen LogP contribution in [0.1, 0.15) is 48.1 Å². The number of carbonyl (C=O) groups excluding carboxylic acids is 3. The zero-order valence-corrected chi connectivity index (χ0v) is 21.0. The molecule has 3 aromatic rings. The van der Waals surface area contributed by atoms with Crippen molar-refractivity contribution in [3.8, 4) is 0 Å². The number of urea groups is 1. The monoisotopic (exact) mass is 492 g/mol. The van der Waals surface area contributed by atoms with Gasteiger partial charge < -0.3 is 15.5 Å². The summed E-state index contributed by atoms with van der Waals surface area (Å²) >= 11 is 1.25. The summed E-state index contributed by atoms with van der Waals surface area (Å²) in [7, 11) is 0. The Morgan fingerprint density at radius 2 is 2.09 bits per heavy atom. The largest absolute Gasteiger partial charge is 0.347 e. The van der Waals surface area contributed by atoms with E-state index in [0.29, 0.717) is 52.2 Å². The maximum Gasteiger partial charge on any atom is 0.331 e. The van der Waals surface area contributed by atoms with Crippen LogP contribution < -0.4 is 15.5 Å². The van der Waals surface area contributed by atoms with Gasteiger partial charge >= 0.3 is 6.03 Å². The Morgan fingerprint density at radius 3 is 2.77 bits per heavy atom. The number of aromatic nitrogens is 2. The number of nitrogens with zero attached hydrogens (tertiary/aromatic N) is 4. The highest BCUT2D eigenvalue weighted by Crippen LogP contribution is 2.46. The van der Waals surface area contributed by atoms with Crippen molar-refractivity contribution in [3.63, 3.8) is 0 Å². The van der Waals surface area contributed by atoms with Crippen LogP contribution in [0.3, 0.4) is 0 Å². The average Bonchev–Trinajstić information content (AvgIpc) is 3.40. The molecule has 182 valence electrons. The fourth-order valence-corrected chi connectivity index (χ4v) is 5.79. The molecule has 35 heavy (non-hydrogen) atoms. The van der Waals surface area contributed by atoms with Crippen molar-refractivity contribution < 1.29 is 14.4 Å². The highest BCUT2D eigenvalue weighted by molar-refractivity contribution is 7.21. The minimum absolute atomic E-state index is 0.00178. The number of pyridine rings is 2. The molecule has 3 aromatic heterocycles. The Bertz CT molecular complexity index is 1350. The number of nitrogens with one attached hydrogen (secondary N) is 2. The molecule has 0 radical (unpaired) electrons. The summed E-state index contributed by atoms with van der Waals surface area (Å²) in [6.07, 6.45) is 4.97. The van der Waals surface area contributed by atoms with Gasteiger partial charge in [-0.3, -0.25) is 19.5 Å². The molecule has 5 heterocycles. The van der Waals surface area contributed by atoms with Crippen LogP contribution in [0.2, 0.25) is 0 Å². The second kappa shape index (κ2) is 8.92. The van der Waals surface area contributed by atoms with Gasteiger partial charge in [0.05, 0.1) is 28.6 Å². The highest BCUT2D eigenvalue weighted by atomic mass is 32.1. The number of aryl methyl sites for hydroxylation is 1. The molecule has 0 spiro atoms. The number of carbonyl (C=O) groups is 3. The molecule has 10 heteroatoms. The molecular formula is C25H28N6O3S. The molecule has 5 rings (SSSR count). The smallest absolute Gasteiger partial charge is 0.331 e. The number of anilines is 3. The molecule has 0 unspecified atom stereocenters. The van der Waals surface area contributed by atoms with Gasteiger partial charge in [0, 0.05) is 37.9 Å². The summed E-state index contributed by atoms with van der Waals surface area (Å²) in [5.74, 6) is 0.217. The van der Waals surface area contributed by atoms with Crippen LogP contribution in [-0.2, 0) is 11.2 Å². The Balaban J connectivity index is 1.49. The van der Waals surface area contributed by atoms with E-state index in [9.17, 15) is 14.4 Å². The van der Waals surface area contributed by atoms with E-state index in [1.54, 1.807) is 28.3 Å². The van der Waals surface area contributed by atoms with E-state index < -0.39 is 0 Å². The van der Waals surface area contributed by atoms with Gasteiger partial charge in [-0.2, -0.15) is 0 Å². The first-order chi connectivity index (χ1) is 16.7. The fraction of sp³-hybridized carbons (Fsp3) is 0.400. The van der Waals surface area contributed by atoms with Crippen LogP contribution in [0.25, 0.3) is 10.2 Å². The first kappa shape index (κ1) is 23.2. The molecule has 1 fully saturated rings. The SMILES string of the molecule is CC(=O)N1CC[C@@H](NC(=O)c2sc3nccc4c3c2NC(=O)N4c2cnc(CC(C)C)cc2C)C1. The molecule has 0 bridgehead atoms. The molecule has 2 N–H and O–H groups in total. The van der Waals surface area contributed by atoms with E-state index in [4.69, 9.17) is 0 Å². The first-order valence-electron chi connectivity index (χ1n) is 11.8. The third kappa shape index (κ3) is 4.22. The topological polar surface area (TPSA) is 108 Å². The van der Waals surface area contributed by atoms with Gasteiger partial charge in [-0.15, -0.1) is 11.3 Å². The van der Waals surface area contributed by atoms with Crippen molar-refractivity contribution in [2.24, 2.45) is 5.92 Å². The average molecular weight is 493 g/mol. The lowest BCUT2D eigenvalue weighted by molar-refractivity contribution is -0.127. The number of thiophene rings is 1. The molecule has 1 saturated heterocycles. The molecular weight excluding hydrogens is 464 g/mol. The second-order valence-corrected chi connectivity index (χ2v) is 10.6. The molecule has 4 amide bonds. The minimum atomic E-state index is -0.345. The zero-order chi connectivity index (χ0) is 24.9. The Labute approximate surface area is 207 Å². The van der Waals surface area contributed by atoms with Crippen molar-refractivity contribution in [2.75, 3.05) is 23.3 Å². The molecule has 2 aliphatic rings. The summed E-state index contributed by atoms with van der Waals surface area (Å²) < 4.78 is 0. The number of hydrogen-bond donors (Lipinski definition) is 2. The first-order valence-corrected chi connectivity index (χ1v) is 12.6. The highest BCUT2D eigenvalue weighted by Gasteiger charge is 2.34. The van der Waals surface area contributed by atoms with Gasteiger partial charge in [-0.1, -0.05) is 13.8 Å². The Morgan fingerprint density at radius 1 is 1.29 bits per heavy atom. The van der Waals surface area contributed by atoms with Gasteiger partial charge in [0.25, 0.3) is 5.91 Å². The molecule has 9 nitrogen and oxygen atoms in total. The summed E-state index contributed by atoms with van der Waals surface area (Å²) in [6, 6.07) is 3.35. The Hall–Kier alpha value is -3.53. The number of likely N-dealkylation sites (tertiary alicyclic amines) is 1. The van der Waals surface area contributed by atoms with Crippen molar-refractivity contribution in [2.45, 2.75) is 46.6 Å². The van der Waals surface area contributed by atoms with Crippen LogP contribution in [0.4, 0.5) is 21.9 Å². The third-order valence-electron chi connectivity index (χ3n) is 6.42. The normalized spacial score (nSPS) is 17.3. The zero-order valence-electron chi connectivity index (χ0n) is 20.2. The van der Waals surface area contributed by atoms with Gasteiger partial charge in [0.2, 0.25) is 5.91 Å². The summed E-state index contributed by atoms with van der Waals surface area (Å²) in [6.45, 7) is 8.91. The number of hydrogen-bond acceptors (Lipinski definition) is 6. The van der Waals surface area contributed by atoms with Crippen LogP contribution in [0.5, 0.6) is 0 Å². The van der Waals surface area contributed by atoms with Crippen molar-refractivity contribution in [3.05, 3.63) is 40.7 Å². The van der Waals surface area contributed by atoms with E-state index in [1.807, 2.05) is 13.0 Å². The molecule has 0 saturated carbocycles. The standard InChI is InChI=1S/C25H28N6O3S/c1-13(2)9-17-10-14(3)19(11-27-17)31-18-5-7-26-24-20(18)21(29-25(31)34)22(35-24)23(33)28-16-6-8-30(12-16)15(4)32/h5,7,10-11,13,16H,6,8-9,12H2,1-4H3,(H,28,33)(H,29,34)/t16-/m1/s1. The summed E-state index contributed by atoms with van der Waals surface area (Å²) in [4.78, 5) is 51.6. The van der Waals surface area contributed by atoms with E-state index in [1.165, 1.54) is 18.3 Å². The number of rotatable bonds is 5. The lowest BCUT2D eigenvalue weighted by Gasteiger charge is -2.29. The fourth-order valence-electron chi connectivity index (χ4n) is 4.77. The number of amides is 4. The van der Waals surface area contributed by atoms with Gasteiger partial charge in [0.1, 0.15) is 9.71 Å². The van der Waals surface area contributed by atoms with Gasteiger partial charge in [0.15, 0.2) is 0 Å². The van der Waals surface area contributed by atoms with E-state index in [0.717, 1.165) is 23.1 Å². The lowest BCUT2D eigenvalue weighted by atomic mass is 10.0. The quantitative estimate of drug-likeness (QED) is 0.554. The molecule has 1 atom stereocenters. The van der Waals surface area contributed by atoms with Gasteiger partial charge in [-0.05, 0) is 43.4 Å². The molecule has 0 aliphatic carbocycles. The van der Waals surface area contributed by atoms with Gasteiger partial charge in [-0.25, -0.2) is 9.78 Å². The lowest BCUT2D eigenvalue weighted by Crippen LogP contribution is -2.39. The van der Waals surface area contributed by atoms with Crippen molar-refractivity contribution >= 4 is 56.5 Å². The maximum absolute atomic E-state index is 13.3. The second-order valence-electron chi connectivity index (χ2n) is 9.57. The van der Waals surface area contributed by atoms with Crippen LogP contribution in [-0.4, -0.2) is 51.8 Å². The van der Waals surface area contributed by atoms with Crippen LogP contribution >= 0.6 is 11.3 Å². The summed E-state index contributed by atoms with van der Waals surface area (Å²) in [5.41, 5.74) is 3.79. The van der Waals surface area contributed by atoms with E-state index in [-0.39, 0.29) is 23.9 Å². The molecule has 0 aromatic carbocycles. The Kier molecular flexibility index (Phi) is 5.92. The maximum atomic E-state index is 13.3. The summed E-state index contributed by atoms with van der Waals surface area (Å²) in [5, 5.41) is 6.70. The minimum Gasteiger partial charge on any atom is -0.347 e. The van der Waals surface area contributed by atoms with E-state index >= 15 is 0 Å². The predicted octanol–water partition coefficient (Wildman–Crippen LogP) is 4.23. The van der Waals surface area contributed by atoms with Crippen LogP contribution in [0.15, 0.2) is 24.5 Å². The van der Waals surface area contributed by atoms with Crippen molar-refractivity contribution in [1.82, 2.24) is 20.2 Å². The van der Waals surface area contributed by atoms with Crippen molar-refractivity contribution in [1.29, 1.82) is 0 Å². The predicted molar refractivity (Wildman–Crippen MR) is 136 cm³/mol. The third-order valence-corrected chi connectivity index (χ3v) is 7.52. The van der Waals surface area contributed by atoms with E-state index in [2.05, 4.69) is 34.4 Å². The molecule has 2 aliphatic heterocycles.